The number of benzene rings is 1. The van der Waals surface area contributed by atoms with Crippen LogP contribution >= 0.6 is 0 Å². The number of primary amides is 1. The normalized spacial score (nSPS) is 11.9. The lowest BCUT2D eigenvalue weighted by Gasteiger charge is -2.16. The average Bonchev–Trinajstić information content (AvgIpc) is 2.81. The van der Waals surface area contributed by atoms with Crippen molar-refractivity contribution in [2.24, 2.45) is 12.8 Å². The number of anilines is 1. The second-order valence-electron chi connectivity index (χ2n) is 4.39. The van der Waals surface area contributed by atoms with E-state index in [-0.39, 0.29) is 11.3 Å². The Morgan fingerprint density at radius 3 is 2.71 bits per heavy atom. The molecule has 0 fully saturated rings. The number of amides is 1. The van der Waals surface area contributed by atoms with E-state index in [0.29, 0.717) is 5.56 Å². The Kier molecular flexibility index (Phi) is 3.88. The number of hydrogen-bond acceptors (Lipinski definition) is 4. The molecule has 1 aromatic heterocycles. The summed E-state index contributed by atoms with van der Waals surface area (Å²) in [4.78, 5) is 22.7. The zero-order chi connectivity index (χ0) is 15.6. The summed E-state index contributed by atoms with van der Waals surface area (Å²) in [6.45, 7) is 0. The molecule has 1 aromatic carbocycles. The number of nitrogens with one attached hydrogen (secondary N) is 1. The molecule has 21 heavy (non-hydrogen) atoms. The van der Waals surface area contributed by atoms with Gasteiger partial charge in [0.15, 0.2) is 6.04 Å². The van der Waals surface area contributed by atoms with Crippen molar-refractivity contribution < 1.29 is 19.1 Å². The number of aromatic nitrogens is 2. The number of carboxylic acids is 1. The Balaban J connectivity index is 2.41. The first-order chi connectivity index (χ1) is 9.90. The van der Waals surface area contributed by atoms with Gasteiger partial charge < -0.3 is 16.2 Å². The van der Waals surface area contributed by atoms with Gasteiger partial charge in [-0.2, -0.15) is 5.10 Å². The molecule has 1 heterocycles. The minimum atomic E-state index is -1.19. The quantitative estimate of drug-likeness (QED) is 0.758. The molecule has 0 aliphatic carbocycles. The molecular weight excluding hydrogens is 279 g/mol. The summed E-state index contributed by atoms with van der Waals surface area (Å²) in [5, 5.41) is 15.8. The maximum Gasteiger partial charge on any atom is 0.330 e. The standard InChI is InChI=1S/C13H13FN4O3/c1-18-6-7(5-16-18)11(13(20)21)17-9-4-2-3-8(14)10(9)12(15)19/h2-6,11,17H,1H3,(H2,15,19)(H,20,21). The molecule has 0 saturated carbocycles. The van der Waals surface area contributed by atoms with Crippen LogP contribution < -0.4 is 11.1 Å². The highest BCUT2D eigenvalue weighted by Gasteiger charge is 2.24. The maximum absolute atomic E-state index is 13.7. The number of carboxylic acid groups (broad SMARTS) is 1. The molecule has 1 amide bonds. The number of carbonyl (C=O) groups is 2. The van der Waals surface area contributed by atoms with Crippen LogP contribution in [0.2, 0.25) is 0 Å². The van der Waals surface area contributed by atoms with E-state index in [0.717, 1.165) is 6.07 Å². The number of rotatable bonds is 5. The highest BCUT2D eigenvalue weighted by atomic mass is 19.1. The van der Waals surface area contributed by atoms with E-state index in [1.54, 1.807) is 7.05 Å². The second kappa shape index (κ2) is 5.61. The van der Waals surface area contributed by atoms with Crippen molar-refractivity contribution in [3.63, 3.8) is 0 Å². The van der Waals surface area contributed by atoms with Crippen LogP contribution in [0.15, 0.2) is 30.6 Å². The molecule has 2 aromatic rings. The van der Waals surface area contributed by atoms with Gasteiger partial charge in [0.1, 0.15) is 5.82 Å². The first-order valence-electron chi connectivity index (χ1n) is 5.96. The third-order valence-electron chi connectivity index (χ3n) is 2.86. The fraction of sp³-hybridized carbons (Fsp3) is 0.154. The zero-order valence-corrected chi connectivity index (χ0v) is 11.1. The van der Waals surface area contributed by atoms with E-state index in [1.807, 2.05) is 0 Å². The molecular formula is C13H13FN4O3. The number of aliphatic carboxylic acids is 1. The zero-order valence-electron chi connectivity index (χ0n) is 11.1. The highest BCUT2D eigenvalue weighted by molar-refractivity contribution is 5.99. The highest BCUT2D eigenvalue weighted by Crippen LogP contribution is 2.24. The molecule has 0 spiro atoms. The molecule has 1 atom stereocenters. The van der Waals surface area contributed by atoms with E-state index >= 15 is 0 Å². The lowest BCUT2D eigenvalue weighted by molar-refractivity contribution is -0.138. The summed E-state index contributed by atoms with van der Waals surface area (Å²) >= 11 is 0. The van der Waals surface area contributed by atoms with Crippen LogP contribution in [-0.4, -0.2) is 26.8 Å². The lowest BCUT2D eigenvalue weighted by Crippen LogP contribution is -2.23. The van der Waals surface area contributed by atoms with Gasteiger partial charge in [-0.3, -0.25) is 9.48 Å². The Labute approximate surface area is 119 Å². The van der Waals surface area contributed by atoms with Crippen molar-refractivity contribution in [3.8, 4) is 0 Å². The molecule has 0 saturated heterocycles. The van der Waals surface area contributed by atoms with Crippen LogP contribution in [0.1, 0.15) is 22.0 Å². The van der Waals surface area contributed by atoms with Gasteiger partial charge >= 0.3 is 5.97 Å². The molecule has 110 valence electrons. The molecule has 8 heteroatoms. The van der Waals surface area contributed by atoms with Gasteiger partial charge in [0, 0.05) is 18.8 Å². The summed E-state index contributed by atoms with van der Waals surface area (Å²) in [5.41, 5.74) is 5.12. The van der Waals surface area contributed by atoms with Gasteiger partial charge in [-0.15, -0.1) is 0 Å². The first-order valence-corrected chi connectivity index (χ1v) is 5.96. The van der Waals surface area contributed by atoms with Crippen LogP contribution in [0.4, 0.5) is 10.1 Å². The predicted molar refractivity (Wildman–Crippen MR) is 72.1 cm³/mol. The smallest absolute Gasteiger partial charge is 0.330 e. The monoisotopic (exact) mass is 292 g/mol. The fourth-order valence-corrected chi connectivity index (χ4v) is 1.93. The molecule has 0 aliphatic heterocycles. The summed E-state index contributed by atoms with van der Waals surface area (Å²) in [5.74, 6) is -2.99. The Morgan fingerprint density at radius 2 is 2.19 bits per heavy atom. The summed E-state index contributed by atoms with van der Waals surface area (Å²) < 4.78 is 15.1. The summed E-state index contributed by atoms with van der Waals surface area (Å²) in [6.07, 6.45) is 2.88. The number of halogens is 1. The third kappa shape index (κ3) is 2.99. The Morgan fingerprint density at radius 1 is 1.48 bits per heavy atom. The molecule has 4 N–H and O–H groups in total. The molecule has 0 aliphatic rings. The molecule has 0 radical (unpaired) electrons. The van der Waals surface area contributed by atoms with Crippen LogP contribution in [-0.2, 0) is 11.8 Å². The van der Waals surface area contributed by atoms with Crippen LogP contribution in [0.3, 0.4) is 0 Å². The fourth-order valence-electron chi connectivity index (χ4n) is 1.93. The first kappa shape index (κ1) is 14.5. The maximum atomic E-state index is 13.7. The van der Waals surface area contributed by atoms with Crippen molar-refractivity contribution in [1.82, 2.24) is 9.78 Å². The SMILES string of the molecule is Cn1cc(C(Nc2cccc(F)c2C(N)=O)C(=O)O)cn1. The number of nitrogens with two attached hydrogens (primary N) is 1. The van der Waals surface area contributed by atoms with Crippen LogP contribution in [0, 0.1) is 5.82 Å². The summed E-state index contributed by atoms with van der Waals surface area (Å²) in [7, 11) is 1.64. The number of aryl methyl sites for hydroxylation is 1. The van der Waals surface area contributed by atoms with E-state index in [1.165, 1.54) is 29.2 Å². The van der Waals surface area contributed by atoms with Crippen molar-refractivity contribution in [3.05, 3.63) is 47.5 Å². The van der Waals surface area contributed by atoms with Crippen LogP contribution in [0.25, 0.3) is 0 Å². The molecule has 2 rings (SSSR count). The number of hydrogen-bond donors (Lipinski definition) is 3. The topological polar surface area (TPSA) is 110 Å². The molecule has 1 unspecified atom stereocenters. The van der Waals surface area contributed by atoms with Gasteiger partial charge in [0.05, 0.1) is 17.4 Å². The number of nitrogens with zero attached hydrogens (tertiary/aromatic N) is 2. The van der Waals surface area contributed by atoms with Gasteiger partial charge in [-0.1, -0.05) is 6.07 Å². The minimum Gasteiger partial charge on any atom is -0.479 e. The van der Waals surface area contributed by atoms with E-state index in [4.69, 9.17) is 5.73 Å². The molecule has 7 nitrogen and oxygen atoms in total. The predicted octanol–water partition coefficient (Wildman–Crippen LogP) is 0.896. The molecule has 0 bridgehead atoms. The average molecular weight is 292 g/mol. The Bertz CT molecular complexity index is 698. The van der Waals surface area contributed by atoms with Crippen molar-refractivity contribution in [1.29, 1.82) is 0 Å². The van der Waals surface area contributed by atoms with Gasteiger partial charge in [-0.05, 0) is 12.1 Å². The lowest BCUT2D eigenvalue weighted by atomic mass is 10.1. The van der Waals surface area contributed by atoms with E-state index < -0.39 is 23.7 Å². The largest absolute Gasteiger partial charge is 0.479 e. The third-order valence-corrected chi connectivity index (χ3v) is 2.86. The van der Waals surface area contributed by atoms with Crippen LogP contribution in [0.5, 0.6) is 0 Å². The van der Waals surface area contributed by atoms with Crippen molar-refractivity contribution >= 4 is 17.6 Å². The number of carbonyl (C=O) groups excluding carboxylic acids is 1. The van der Waals surface area contributed by atoms with Gasteiger partial charge in [0.2, 0.25) is 0 Å². The van der Waals surface area contributed by atoms with Gasteiger partial charge in [-0.25, -0.2) is 9.18 Å². The van der Waals surface area contributed by atoms with E-state index in [2.05, 4.69) is 10.4 Å². The van der Waals surface area contributed by atoms with E-state index in [9.17, 15) is 19.1 Å². The van der Waals surface area contributed by atoms with Crippen molar-refractivity contribution in [2.75, 3.05) is 5.32 Å². The minimum absolute atomic E-state index is 0.0127. The van der Waals surface area contributed by atoms with Crippen molar-refractivity contribution in [2.45, 2.75) is 6.04 Å². The Hall–Kier alpha value is -2.90. The summed E-state index contributed by atoms with van der Waals surface area (Å²) in [6, 6.07) is 2.63. The second-order valence-corrected chi connectivity index (χ2v) is 4.39. The van der Waals surface area contributed by atoms with Gasteiger partial charge in [0.25, 0.3) is 5.91 Å².